The van der Waals surface area contributed by atoms with Crippen molar-refractivity contribution < 1.29 is 9.66 Å². The third-order valence-corrected chi connectivity index (χ3v) is 4.24. The number of ether oxygens (including phenoxy) is 1. The molecule has 2 rings (SSSR count). The van der Waals surface area contributed by atoms with Crippen molar-refractivity contribution in [3.8, 4) is 5.75 Å². The standard InChI is InChI=1S/C15H16N2O3S/c1-10-5-12(16)3-4-15(10)21-9-11-6-13(17(18)19)8-14(7-11)20-2/h3-8H,9,16H2,1-2H3. The molecule has 0 atom stereocenters. The van der Waals surface area contributed by atoms with Crippen molar-refractivity contribution in [2.45, 2.75) is 17.6 Å². The number of benzene rings is 2. The minimum Gasteiger partial charge on any atom is -0.496 e. The van der Waals surface area contributed by atoms with E-state index in [0.717, 1.165) is 21.7 Å². The average molecular weight is 304 g/mol. The van der Waals surface area contributed by atoms with Gasteiger partial charge in [0.2, 0.25) is 0 Å². The first kappa shape index (κ1) is 15.2. The van der Waals surface area contributed by atoms with Crippen molar-refractivity contribution in [3.05, 3.63) is 57.6 Å². The molecule has 0 aromatic heterocycles. The Labute approximate surface area is 127 Å². The molecule has 2 N–H and O–H groups in total. The molecule has 21 heavy (non-hydrogen) atoms. The van der Waals surface area contributed by atoms with Crippen LogP contribution in [0.1, 0.15) is 11.1 Å². The Bertz CT molecular complexity index is 674. The lowest BCUT2D eigenvalue weighted by atomic mass is 10.2. The Morgan fingerprint density at radius 1 is 1.29 bits per heavy atom. The molecule has 0 saturated carbocycles. The van der Waals surface area contributed by atoms with Crippen molar-refractivity contribution in [3.63, 3.8) is 0 Å². The van der Waals surface area contributed by atoms with E-state index in [4.69, 9.17) is 10.5 Å². The monoisotopic (exact) mass is 304 g/mol. The van der Waals surface area contributed by atoms with E-state index in [1.165, 1.54) is 13.2 Å². The second-order valence-corrected chi connectivity index (χ2v) is 5.63. The van der Waals surface area contributed by atoms with Crippen molar-refractivity contribution >= 4 is 23.1 Å². The van der Waals surface area contributed by atoms with Gasteiger partial charge in [-0.2, -0.15) is 0 Å². The number of nitro groups is 1. The van der Waals surface area contributed by atoms with E-state index in [2.05, 4.69) is 0 Å². The van der Waals surface area contributed by atoms with Crippen LogP contribution in [-0.2, 0) is 5.75 Å². The quantitative estimate of drug-likeness (QED) is 0.393. The first-order valence-electron chi connectivity index (χ1n) is 6.31. The molecule has 0 aliphatic carbocycles. The van der Waals surface area contributed by atoms with Gasteiger partial charge < -0.3 is 10.5 Å². The number of nitrogens with two attached hydrogens (primary N) is 1. The molecular weight excluding hydrogens is 288 g/mol. The Morgan fingerprint density at radius 3 is 2.67 bits per heavy atom. The van der Waals surface area contributed by atoms with Crippen LogP contribution in [0.5, 0.6) is 5.75 Å². The largest absolute Gasteiger partial charge is 0.496 e. The predicted octanol–water partition coefficient (Wildman–Crippen LogP) is 3.79. The molecule has 5 nitrogen and oxygen atoms in total. The summed E-state index contributed by atoms with van der Waals surface area (Å²) in [5, 5.41) is 10.9. The van der Waals surface area contributed by atoms with E-state index in [9.17, 15) is 10.1 Å². The zero-order valence-corrected chi connectivity index (χ0v) is 12.6. The average Bonchev–Trinajstić information content (AvgIpc) is 2.46. The third kappa shape index (κ3) is 3.88. The SMILES string of the molecule is COc1cc(CSc2ccc(N)cc2C)cc([N+](=O)[O-])c1. The number of nitrogen functional groups attached to an aromatic ring is 1. The highest BCUT2D eigenvalue weighted by molar-refractivity contribution is 7.98. The lowest BCUT2D eigenvalue weighted by Gasteiger charge is -2.08. The number of rotatable bonds is 5. The maximum atomic E-state index is 10.9. The van der Waals surface area contributed by atoms with Crippen LogP contribution in [0.25, 0.3) is 0 Å². The van der Waals surface area contributed by atoms with Gasteiger partial charge in [-0.3, -0.25) is 10.1 Å². The highest BCUT2D eigenvalue weighted by Gasteiger charge is 2.11. The van der Waals surface area contributed by atoms with Crippen LogP contribution in [-0.4, -0.2) is 12.0 Å². The molecule has 0 amide bonds. The molecule has 6 heteroatoms. The molecule has 0 spiro atoms. The number of thioether (sulfide) groups is 1. The summed E-state index contributed by atoms with van der Waals surface area (Å²) in [6.45, 7) is 1.99. The van der Waals surface area contributed by atoms with Crippen molar-refractivity contribution in [2.75, 3.05) is 12.8 Å². The van der Waals surface area contributed by atoms with Crippen molar-refractivity contribution in [1.29, 1.82) is 0 Å². The molecule has 0 unspecified atom stereocenters. The van der Waals surface area contributed by atoms with Gasteiger partial charge in [0, 0.05) is 22.4 Å². The second-order valence-electron chi connectivity index (χ2n) is 4.61. The van der Waals surface area contributed by atoms with Gasteiger partial charge in [0.1, 0.15) is 5.75 Å². The number of hydrogen-bond acceptors (Lipinski definition) is 5. The highest BCUT2D eigenvalue weighted by atomic mass is 32.2. The lowest BCUT2D eigenvalue weighted by molar-refractivity contribution is -0.385. The minimum atomic E-state index is -0.412. The summed E-state index contributed by atoms with van der Waals surface area (Å²) in [6, 6.07) is 10.5. The summed E-state index contributed by atoms with van der Waals surface area (Å²) in [6.07, 6.45) is 0. The Balaban J connectivity index is 2.19. The van der Waals surface area contributed by atoms with Crippen LogP contribution >= 0.6 is 11.8 Å². The van der Waals surface area contributed by atoms with Crippen LogP contribution in [0.2, 0.25) is 0 Å². The summed E-state index contributed by atoms with van der Waals surface area (Å²) in [5.74, 6) is 1.12. The number of anilines is 1. The predicted molar refractivity (Wildman–Crippen MR) is 84.8 cm³/mol. The van der Waals surface area contributed by atoms with Gasteiger partial charge >= 0.3 is 0 Å². The second kappa shape index (κ2) is 6.49. The summed E-state index contributed by atoms with van der Waals surface area (Å²) < 4.78 is 5.11. The fourth-order valence-corrected chi connectivity index (χ4v) is 2.89. The fourth-order valence-electron chi connectivity index (χ4n) is 1.95. The Morgan fingerprint density at radius 2 is 2.05 bits per heavy atom. The maximum Gasteiger partial charge on any atom is 0.273 e. The van der Waals surface area contributed by atoms with Gasteiger partial charge in [0.25, 0.3) is 5.69 Å². The van der Waals surface area contributed by atoms with Crippen LogP contribution in [0, 0.1) is 17.0 Å². The van der Waals surface area contributed by atoms with E-state index in [-0.39, 0.29) is 5.69 Å². The lowest BCUT2D eigenvalue weighted by Crippen LogP contribution is -1.93. The van der Waals surface area contributed by atoms with Crippen molar-refractivity contribution in [1.82, 2.24) is 0 Å². The van der Waals surface area contributed by atoms with E-state index in [1.807, 2.05) is 31.2 Å². The minimum absolute atomic E-state index is 0.0407. The molecule has 0 aliphatic rings. The maximum absolute atomic E-state index is 10.9. The zero-order valence-electron chi connectivity index (χ0n) is 11.8. The molecule has 0 saturated heterocycles. The van der Waals surface area contributed by atoms with Crippen LogP contribution < -0.4 is 10.5 Å². The molecular formula is C15H16N2O3S. The summed E-state index contributed by atoms with van der Waals surface area (Å²) in [5.41, 5.74) is 8.44. The summed E-state index contributed by atoms with van der Waals surface area (Å²) in [4.78, 5) is 11.6. The summed E-state index contributed by atoms with van der Waals surface area (Å²) >= 11 is 1.61. The van der Waals surface area contributed by atoms with Gasteiger partial charge in [-0.25, -0.2) is 0 Å². The topological polar surface area (TPSA) is 78.4 Å². The third-order valence-electron chi connectivity index (χ3n) is 2.99. The molecule has 0 radical (unpaired) electrons. The number of nitrogens with zero attached hydrogens (tertiary/aromatic N) is 1. The van der Waals surface area contributed by atoms with E-state index in [1.54, 1.807) is 17.8 Å². The van der Waals surface area contributed by atoms with Gasteiger partial charge in [-0.1, -0.05) is 0 Å². The van der Waals surface area contributed by atoms with E-state index in [0.29, 0.717) is 11.5 Å². The molecule has 0 heterocycles. The molecule has 0 bridgehead atoms. The molecule has 2 aromatic carbocycles. The molecule has 2 aromatic rings. The molecule has 0 fully saturated rings. The summed E-state index contributed by atoms with van der Waals surface area (Å²) in [7, 11) is 1.50. The van der Waals surface area contributed by atoms with Gasteiger partial charge in [0.05, 0.1) is 18.1 Å². The van der Waals surface area contributed by atoms with Crippen LogP contribution in [0.15, 0.2) is 41.3 Å². The van der Waals surface area contributed by atoms with Gasteiger partial charge in [-0.15, -0.1) is 11.8 Å². The smallest absolute Gasteiger partial charge is 0.273 e. The van der Waals surface area contributed by atoms with Gasteiger partial charge in [0.15, 0.2) is 0 Å². The Kier molecular flexibility index (Phi) is 4.70. The fraction of sp³-hybridized carbons (Fsp3) is 0.200. The Hall–Kier alpha value is -2.21. The normalized spacial score (nSPS) is 10.4. The highest BCUT2D eigenvalue weighted by Crippen LogP contribution is 2.30. The molecule has 110 valence electrons. The molecule has 0 aliphatic heterocycles. The number of nitro benzene ring substituents is 1. The number of hydrogen-bond donors (Lipinski definition) is 1. The zero-order chi connectivity index (χ0) is 15.4. The first-order valence-corrected chi connectivity index (χ1v) is 7.29. The van der Waals surface area contributed by atoms with Crippen molar-refractivity contribution in [2.24, 2.45) is 0 Å². The van der Waals surface area contributed by atoms with E-state index >= 15 is 0 Å². The van der Waals surface area contributed by atoms with Crippen LogP contribution in [0.3, 0.4) is 0 Å². The van der Waals surface area contributed by atoms with Crippen LogP contribution in [0.4, 0.5) is 11.4 Å². The van der Waals surface area contributed by atoms with E-state index < -0.39 is 4.92 Å². The number of methoxy groups -OCH3 is 1. The number of non-ortho nitro benzene ring substituents is 1. The van der Waals surface area contributed by atoms with Gasteiger partial charge in [-0.05, 0) is 42.3 Å². The number of aryl methyl sites for hydroxylation is 1. The first-order chi connectivity index (χ1) is 9.99.